The minimum atomic E-state index is -1.08. The molecule has 7 heteroatoms. The molecule has 1 aromatic heterocycles. The maximum Gasteiger partial charge on any atom is 0.339 e. The molecule has 19 heavy (non-hydrogen) atoms. The van der Waals surface area contributed by atoms with Gasteiger partial charge >= 0.3 is 5.97 Å². The lowest BCUT2D eigenvalue weighted by atomic mass is 10.2. The van der Waals surface area contributed by atoms with E-state index in [1.807, 2.05) is 0 Å². The smallest absolute Gasteiger partial charge is 0.339 e. The average Bonchev–Trinajstić information content (AvgIpc) is 2.86. The summed E-state index contributed by atoms with van der Waals surface area (Å²) in [5.41, 5.74) is 0.0557. The van der Waals surface area contributed by atoms with Crippen LogP contribution in [-0.4, -0.2) is 41.6 Å². The SMILES string of the molecule is CNC(=O)C1CCCN1c1nc(Cl)ccc1C(=O)O. The Hall–Kier alpha value is -1.82. The van der Waals surface area contributed by atoms with E-state index in [9.17, 15) is 14.7 Å². The maximum atomic E-state index is 11.8. The van der Waals surface area contributed by atoms with Crippen LogP contribution in [0.1, 0.15) is 23.2 Å². The van der Waals surface area contributed by atoms with Gasteiger partial charge in [0.05, 0.1) is 0 Å². The average molecular weight is 284 g/mol. The number of amides is 1. The van der Waals surface area contributed by atoms with Crippen molar-refractivity contribution in [2.75, 3.05) is 18.5 Å². The third kappa shape index (κ3) is 2.63. The second-order valence-corrected chi connectivity index (χ2v) is 4.66. The Bertz CT molecular complexity index is 521. The lowest BCUT2D eigenvalue weighted by Gasteiger charge is -2.25. The van der Waals surface area contributed by atoms with Crippen LogP contribution < -0.4 is 10.2 Å². The Morgan fingerprint density at radius 3 is 2.89 bits per heavy atom. The largest absolute Gasteiger partial charge is 0.478 e. The van der Waals surface area contributed by atoms with Gasteiger partial charge in [-0.05, 0) is 25.0 Å². The van der Waals surface area contributed by atoms with Crippen molar-refractivity contribution in [1.29, 1.82) is 0 Å². The second-order valence-electron chi connectivity index (χ2n) is 4.28. The molecule has 0 spiro atoms. The van der Waals surface area contributed by atoms with Crippen molar-refractivity contribution in [1.82, 2.24) is 10.3 Å². The van der Waals surface area contributed by atoms with Gasteiger partial charge in [-0.25, -0.2) is 9.78 Å². The van der Waals surface area contributed by atoms with Crippen LogP contribution in [0.4, 0.5) is 5.82 Å². The van der Waals surface area contributed by atoms with E-state index in [0.717, 1.165) is 6.42 Å². The number of carbonyl (C=O) groups is 2. The molecule has 1 unspecified atom stereocenters. The third-order valence-electron chi connectivity index (χ3n) is 3.15. The molecular weight excluding hydrogens is 270 g/mol. The molecule has 102 valence electrons. The fourth-order valence-electron chi connectivity index (χ4n) is 2.27. The quantitative estimate of drug-likeness (QED) is 0.813. The molecule has 1 atom stereocenters. The van der Waals surface area contributed by atoms with Crippen molar-refractivity contribution < 1.29 is 14.7 Å². The number of hydrogen-bond acceptors (Lipinski definition) is 4. The molecule has 0 saturated carbocycles. The van der Waals surface area contributed by atoms with Gasteiger partial charge < -0.3 is 15.3 Å². The number of hydrogen-bond donors (Lipinski definition) is 2. The monoisotopic (exact) mass is 283 g/mol. The molecule has 1 saturated heterocycles. The number of nitrogens with one attached hydrogen (secondary N) is 1. The summed E-state index contributed by atoms with van der Waals surface area (Å²) in [7, 11) is 1.56. The number of carbonyl (C=O) groups excluding carboxylic acids is 1. The normalized spacial score (nSPS) is 18.4. The molecule has 6 nitrogen and oxygen atoms in total. The van der Waals surface area contributed by atoms with Gasteiger partial charge in [-0.3, -0.25) is 4.79 Å². The summed E-state index contributed by atoms with van der Waals surface area (Å²) in [6.45, 7) is 0.589. The van der Waals surface area contributed by atoms with Crippen molar-refractivity contribution in [3.05, 3.63) is 22.8 Å². The molecule has 0 bridgehead atoms. The Kier molecular flexibility index (Phi) is 3.90. The van der Waals surface area contributed by atoms with E-state index >= 15 is 0 Å². The number of halogens is 1. The van der Waals surface area contributed by atoms with E-state index in [1.54, 1.807) is 11.9 Å². The summed E-state index contributed by atoms with van der Waals surface area (Å²) in [6.07, 6.45) is 1.48. The van der Waals surface area contributed by atoms with Crippen LogP contribution >= 0.6 is 11.6 Å². The molecule has 0 aromatic carbocycles. The van der Waals surface area contributed by atoms with Crippen LogP contribution in [0.15, 0.2) is 12.1 Å². The van der Waals surface area contributed by atoms with Gasteiger partial charge in [0.25, 0.3) is 0 Å². The molecule has 1 aromatic rings. The zero-order chi connectivity index (χ0) is 14.0. The Morgan fingerprint density at radius 2 is 2.26 bits per heavy atom. The van der Waals surface area contributed by atoms with Gasteiger partial charge in [0.15, 0.2) is 0 Å². The van der Waals surface area contributed by atoms with Crippen molar-refractivity contribution in [2.24, 2.45) is 0 Å². The standard InChI is InChI=1S/C12H14ClN3O3/c1-14-11(17)8-3-2-6-16(8)10-7(12(18)19)4-5-9(13)15-10/h4-5,8H,2-3,6H2,1H3,(H,14,17)(H,18,19). The van der Waals surface area contributed by atoms with Crippen molar-refractivity contribution in [3.8, 4) is 0 Å². The Balaban J connectivity index is 2.42. The number of pyridine rings is 1. The minimum Gasteiger partial charge on any atom is -0.478 e. The van der Waals surface area contributed by atoms with Gasteiger partial charge in [0.2, 0.25) is 5.91 Å². The zero-order valence-electron chi connectivity index (χ0n) is 10.4. The Morgan fingerprint density at radius 1 is 1.53 bits per heavy atom. The van der Waals surface area contributed by atoms with Crippen molar-refractivity contribution in [3.63, 3.8) is 0 Å². The first kappa shape index (κ1) is 13.6. The molecule has 1 aliphatic rings. The maximum absolute atomic E-state index is 11.8. The fourth-order valence-corrected chi connectivity index (χ4v) is 2.41. The fraction of sp³-hybridized carbons (Fsp3) is 0.417. The second kappa shape index (κ2) is 5.44. The summed E-state index contributed by atoms with van der Waals surface area (Å²) in [4.78, 5) is 28.8. The van der Waals surface area contributed by atoms with Gasteiger partial charge in [0, 0.05) is 13.6 Å². The van der Waals surface area contributed by atoms with E-state index in [0.29, 0.717) is 13.0 Å². The molecule has 1 aliphatic heterocycles. The first-order valence-electron chi connectivity index (χ1n) is 5.92. The third-order valence-corrected chi connectivity index (χ3v) is 3.36. The number of carboxylic acid groups (broad SMARTS) is 1. The predicted octanol–water partition coefficient (Wildman–Crippen LogP) is 1.15. The van der Waals surface area contributed by atoms with Crippen molar-refractivity contribution >= 4 is 29.3 Å². The molecule has 1 fully saturated rings. The van der Waals surface area contributed by atoms with Crippen LogP contribution in [-0.2, 0) is 4.79 Å². The summed E-state index contributed by atoms with van der Waals surface area (Å²) < 4.78 is 0. The first-order valence-corrected chi connectivity index (χ1v) is 6.30. The summed E-state index contributed by atoms with van der Waals surface area (Å²) in [6, 6.07) is 2.44. The number of anilines is 1. The van der Waals surface area contributed by atoms with Crippen LogP contribution in [0.2, 0.25) is 5.15 Å². The van der Waals surface area contributed by atoms with Crippen LogP contribution in [0, 0.1) is 0 Å². The number of aromatic nitrogens is 1. The van der Waals surface area contributed by atoms with E-state index in [4.69, 9.17) is 11.6 Å². The van der Waals surface area contributed by atoms with Gasteiger partial charge in [0.1, 0.15) is 22.6 Å². The Labute approximate surface area is 115 Å². The zero-order valence-corrected chi connectivity index (χ0v) is 11.1. The van der Waals surface area contributed by atoms with Crippen LogP contribution in [0.3, 0.4) is 0 Å². The highest BCUT2D eigenvalue weighted by Crippen LogP contribution is 2.28. The highest BCUT2D eigenvalue weighted by molar-refractivity contribution is 6.29. The highest BCUT2D eigenvalue weighted by Gasteiger charge is 2.33. The number of likely N-dealkylation sites (N-methyl/N-ethyl adjacent to an activating group) is 1. The summed E-state index contributed by atoms with van der Waals surface area (Å²) in [5, 5.41) is 12.0. The minimum absolute atomic E-state index is 0.0557. The van der Waals surface area contributed by atoms with Gasteiger partial charge in [-0.1, -0.05) is 11.6 Å². The summed E-state index contributed by atoms with van der Waals surface area (Å²) in [5.74, 6) is -0.969. The number of aromatic carboxylic acids is 1. The molecule has 0 aliphatic carbocycles. The molecule has 1 amide bonds. The lowest BCUT2D eigenvalue weighted by molar-refractivity contribution is -0.121. The van der Waals surface area contributed by atoms with E-state index < -0.39 is 12.0 Å². The van der Waals surface area contributed by atoms with E-state index in [-0.39, 0.29) is 22.4 Å². The first-order chi connectivity index (χ1) is 9.04. The van der Waals surface area contributed by atoms with E-state index in [1.165, 1.54) is 12.1 Å². The predicted molar refractivity (Wildman–Crippen MR) is 70.6 cm³/mol. The summed E-state index contributed by atoms with van der Waals surface area (Å²) >= 11 is 5.83. The highest BCUT2D eigenvalue weighted by atomic mass is 35.5. The number of carboxylic acids is 1. The molecule has 2 rings (SSSR count). The molecule has 2 N–H and O–H groups in total. The molecular formula is C12H14ClN3O3. The topological polar surface area (TPSA) is 82.5 Å². The number of rotatable bonds is 3. The van der Waals surface area contributed by atoms with Gasteiger partial charge in [-0.15, -0.1) is 0 Å². The lowest BCUT2D eigenvalue weighted by Crippen LogP contribution is -2.43. The van der Waals surface area contributed by atoms with Crippen molar-refractivity contribution in [2.45, 2.75) is 18.9 Å². The van der Waals surface area contributed by atoms with Gasteiger partial charge in [-0.2, -0.15) is 0 Å². The van der Waals surface area contributed by atoms with Crippen LogP contribution in [0.5, 0.6) is 0 Å². The van der Waals surface area contributed by atoms with Crippen LogP contribution in [0.25, 0.3) is 0 Å². The molecule has 0 radical (unpaired) electrons. The number of nitrogens with zero attached hydrogens (tertiary/aromatic N) is 2. The molecule has 2 heterocycles. The van der Waals surface area contributed by atoms with E-state index in [2.05, 4.69) is 10.3 Å².